The number of benzene rings is 1. The largest absolute Gasteiger partial charge is 0.391 e. The first kappa shape index (κ1) is 15.9. The van der Waals surface area contributed by atoms with Gasteiger partial charge in [0.2, 0.25) is 0 Å². The van der Waals surface area contributed by atoms with E-state index in [1.807, 2.05) is 20.8 Å². The molecule has 4 nitrogen and oxygen atoms in total. The van der Waals surface area contributed by atoms with Gasteiger partial charge in [0.05, 0.1) is 11.8 Å². The number of nitrogens with one attached hydrogen (secondary N) is 2. The number of hydrogen-bond donors (Lipinski definition) is 3. The Kier molecular flexibility index (Phi) is 5.31. The van der Waals surface area contributed by atoms with Gasteiger partial charge in [0, 0.05) is 11.0 Å². The van der Waals surface area contributed by atoms with E-state index in [1.54, 1.807) is 6.07 Å². The van der Waals surface area contributed by atoms with Crippen LogP contribution in [0.5, 0.6) is 0 Å². The average Bonchev–Trinajstić information content (AvgIpc) is 2.29. The number of carbonyl (C=O) groups excluding carboxylic acids is 1. The third-order valence-corrected chi connectivity index (χ3v) is 3.13. The van der Waals surface area contributed by atoms with Gasteiger partial charge < -0.3 is 15.7 Å². The Morgan fingerprint density at radius 3 is 2.68 bits per heavy atom. The highest BCUT2D eigenvalue weighted by atomic mass is 79.9. The van der Waals surface area contributed by atoms with E-state index >= 15 is 0 Å². The first-order valence-electron chi connectivity index (χ1n) is 5.88. The Morgan fingerprint density at radius 2 is 2.11 bits per heavy atom. The lowest BCUT2D eigenvalue weighted by molar-refractivity contribution is 0.0654. The van der Waals surface area contributed by atoms with Crippen molar-refractivity contribution in [2.75, 3.05) is 11.9 Å². The minimum absolute atomic E-state index is 0.0807. The van der Waals surface area contributed by atoms with E-state index in [-0.39, 0.29) is 17.6 Å². The van der Waals surface area contributed by atoms with Crippen molar-refractivity contribution in [3.8, 4) is 0 Å². The van der Waals surface area contributed by atoms with Crippen molar-refractivity contribution >= 4 is 27.6 Å². The summed E-state index contributed by atoms with van der Waals surface area (Å²) in [6.45, 7) is 5.70. The average molecular weight is 333 g/mol. The van der Waals surface area contributed by atoms with Crippen LogP contribution in [0.4, 0.5) is 14.9 Å². The topological polar surface area (TPSA) is 61.4 Å². The number of aliphatic hydroxyl groups excluding tert-OH is 1. The Balaban J connectivity index is 2.54. The molecule has 2 amide bonds. The van der Waals surface area contributed by atoms with Crippen LogP contribution in [0.1, 0.15) is 20.8 Å². The Labute approximate surface area is 120 Å². The highest BCUT2D eigenvalue weighted by molar-refractivity contribution is 9.10. The summed E-state index contributed by atoms with van der Waals surface area (Å²) in [5.41, 5.74) is -0.244. The molecule has 0 aromatic heterocycles. The van der Waals surface area contributed by atoms with Crippen molar-refractivity contribution in [1.29, 1.82) is 0 Å². The fraction of sp³-hybridized carbons (Fsp3) is 0.462. The predicted octanol–water partition coefficient (Wildman–Crippen LogP) is 3.12. The fourth-order valence-electron chi connectivity index (χ4n) is 1.26. The van der Waals surface area contributed by atoms with Crippen LogP contribution in [0, 0.1) is 11.2 Å². The van der Waals surface area contributed by atoms with E-state index in [9.17, 15) is 14.3 Å². The SMILES string of the molecule is CC(C)(C)C(O)CNC(=O)Nc1cc(Br)ccc1F. The number of carbonyl (C=O) groups is 1. The number of halogens is 2. The first-order valence-corrected chi connectivity index (χ1v) is 6.67. The van der Waals surface area contributed by atoms with Crippen LogP contribution in [0.3, 0.4) is 0 Å². The zero-order valence-electron chi connectivity index (χ0n) is 11.1. The van der Waals surface area contributed by atoms with Gasteiger partial charge in [-0.05, 0) is 23.6 Å². The number of hydrogen-bond acceptors (Lipinski definition) is 2. The van der Waals surface area contributed by atoms with Gasteiger partial charge in [-0.1, -0.05) is 36.7 Å². The number of urea groups is 1. The maximum Gasteiger partial charge on any atom is 0.319 e. The van der Waals surface area contributed by atoms with Gasteiger partial charge >= 0.3 is 6.03 Å². The second-order valence-electron chi connectivity index (χ2n) is 5.34. The molecule has 0 aliphatic carbocycles. The van der Waals surface area contributed by atoms with E-state index in [4.69, 9.17) is 0 Å². The summed E-state index contributed by atoms with van der Waals surface area (Å²) >= 11 is 3.20. The highest BCUT2D eigenvalue weighted by Crippen LogP contribution is 2.20. The van der Waals surface area contributed by atoms with Gasteiger partial charge in [0.25, 0.3) is 0 Å². The monoisotopic (exact) mass is 332 g/mol. The lowest BCUT2D eigenvalue weighted by atomic mass is 9.89. The molecule has 1 aromatic rings. The van der Waals surface area contributed by atoms with Crippen LogP contribution in [0.2, 0.25) is 0 Å². The van der Waals surface area contributed by atoms with Crippen LogP contribution in [0.25, 0.3) is 0 Å². The zero-order valence-corrected chi connectivity index (χ0v) is 12.7. The molecule has 0 heterocycles. The van der Waals surface area contributed by atoms with Gasteiger partial charge in [-0.15, -0.1) is 0 Å². The molecule has 0 saturated heterocycles. The number of rotatable bonds is 3. The van der Waals surface area contributed by atoms with Gasteiger partial charge in [-0.2, -0.15) is 0 Å². The lowest BCUT2D eigenvalue weighted by Crippen LogP contribution is -2.41. The maximum atomic E-state index is 13.4. The van der Waals surface area contributed by atoms with Crippen LogP contribution in [0.15, 0.2) is 22.7 Å². The maximum absolute atomic E-state index is 13.4. The summed E-state index contributed by atoms with van der Waals surface area (Å²) in [6, 6.07) is 3.71. The molecule has 0 bridgehead atoms. The van der Waals surface area contributed by atoms with E-state index in [1.165, 1.54) is 12.1 Å². The molecule has 3 N–H and O–H groups in total. The Bertz CT molecular complexity index is 460. The van der Waals surface area contributed by atoms with Crippen LogP contribution in [-0.2, 0) is 0 Å². The molecule has 0 spiro atoms. The van der Waals surface area contributed by atoms with Crippen molar-refractivity contribution in [3.63, 3.8) is 0 Å². The van der Waals surface area contributed by atoms with Gasteiger partial charge in [-0.3, -0.25) is 0 Å². The molecule has 1 aromatic carbocycles. The molecular formula is C13H18BrFN2O2. The molecule has 1 unspecified atom stereocenters. The summed E-state index contributed by atoms with van der Waals surface area (Å²) in [5, 5.41) is 14.7. The van der Waals surface area contributed by atoms with E-state index < -0.39 is 18.0 Å². The first-order chi connectivity index (χ1) is 8.70. The second-order valence-corrected chi connectivity index (χ2v) is 6.26. The quantitative estimate of drug-likeness (QED) is 0.796. The Hall–Kier alpha value is -1.14. The molecule has 1 atom stereocenters. The molecule has 19 heavy (non-hydrogen) atoms. The van der Waals surface area contributed by atoms with Gasteiger partial charge in [-0.25, -0.2) is 9.18 Å². The van der Waals surface area contributed by atoms with Gasteiger partial charge in [0.1, 0.15) is 5.82 Å². The lowest BCUT2D eigenvalue weighted by Gasteiger charge is -2.25. The number of aliphatic hydroxyl groups is 1. The van der Waals surface area contributed by atoms with E-state index in [0.29, 0.717) is 4.47 Å². The van der Waals surface area contributed by atoms with E-state index in [0.717, 1.165) is 0 Å². The summed E-state index contributed by atoms with van der Waals surface area (Å²) in [7, 11) is 0. The summed E-state index contributed by atoms with van der Waals surface area (Å²) in [4.78, 5) is 11.6. The molecule has 0 fully saturated rings. The highest BCUT2D eigenvalue weighted by Gasteiger charge is 2.22. The van der Waals surface area contributed by atoms with Crippen LogP contribution >= 0.6 is 15.9 Å². The van der Waals surface area contributed by atoms with Crippen molar-refractivity contribution < 1.29 is 14.3 Å². The molecule has 0 aliphatic heterocycles. The molecular weight excluding hydrogens is 315 g/mol. The second kappa shape index (κ2) is 6.34. The third kappa shape index (κ3) is 5.16. The molecule has 0 radical (unpaired) electrons. The summed E-state index contributed by atoms with van der Waals surface area (Å²) in [6.07, 6.45) is -0.675. The minimum atomic E-state index is -0.675. The Morgan fingerprint density at radius 1 is 1.47 bits per heavy atom. The standard InChI is InChI=1S/C13H18BrFN2O2/c1-13(2,3)11(18)7-16-12(19)17-10-6-8(14)4-5-9(10)15/h4-6,11,18H,7H2,1-3H3,(H2,16,17,19). The van der Waals surface area contributed by atoms with E-state index in [2.05, 4.69) is 26.6 Å². The van der Waals surface area contributed by atoms with Gasteiger partial charge in [0.15, 0.2) is 0 Å². The molecule has 0 aliphatic rings. The van der Waals surface area contributed by atoms with Crippen molar-refractivity contribution in [2.45, 2.75) is 26.9 Å². The smallest absolute Gasteiger partial charge is 0.319 e. The van der Waals surface area contributed by atoms with Crippen molar-refractivity contribution in [3.05, 3.63) is 28.5 Å². The predicted molar refractivity (Wildman–Crippen MR) is 76.6 cm³/mol. The summed E-state index contributed by atoms with van der Waals surface area (Å²) < 4.78 is 14.1. The van der Waals surface area contributed by atoms with Crippen molar-refractivity contribution in [2.24, 2.45) is 5.41 Å². The molecule has 106 valence electrons. The number of anilines is 1. The number of amides is 2. The van der Waals surface area contributed by atoms with Crippen LogP contribution in [-0.4, -0.2) is 23.8 Å². The summed E-state index contributed by atoms with van der Waals surface area (Å²) in [5.74, 6) is -0.519. The normalized spacial score (nSPS) is 12.9. The minimum Gasteiger partial charge on any atom is -0.391 e. The molecule has 6 heteroatoms. The molecule has 1 rings (SSSR count). The van der Waals surface area contributed by atoms with Crippen LogP contribution < -0.4 is 10.6 Å². The van der Waals surface area contributed by atoms with Crippen molar-refractivity contribution in [1.82, 2.24) is 5.32 Å². The molecule has 0 saturated carbocycles. The third-order valence-electron chi connectivity index (χ3n) is 2.63. The zero-order chi connectivity index (χ0) is 14.6. The fourth-order valence-corrected chi connectivity index (χ4v) is 1.62.